The van der Waals surface area contributed by atoms with Crippen molar-refractivity contribution in [1.82, 2.24) is 4.90 Å². The molecule has 0 aromatic heterocycles. The van der Waals surface area contributed by atoms with Crippen molar-refractivity contribution in [2.75, 3.05) is 32.1 Å². The Kier molecular flexibility index (Phi) is 8.16. The second-order valence-electron chi connectivity index (χ2n) is 7.27. The van der Waals surface area contributed by atoms with Crippen molar-refractivity contribution in [2.24, 2.45) is 0 Å². The number of nitrogens with zero attached hydrogens (tertiary/aromatic N) is 1. The van der Waals surface area contributed by atoms with Crippen LogP contribution in [0, 0.1) is 0 Å². The SMILES string of the molecule is COc1cc(C(=S)N2C[C@@H](C)O[C@@H](C)C2)cc(Br)c1OCC(=O)Nc1ccccc1Cl. The van der Waals surface area contributed by atoms with Crippen molar-refractivity contribution in [3.8, 4) is 11.5 Å². The Balaban J connectivity index is 1.71. The molecule has 2 atom stereocenters. The first-order chi connectivity index (χ1) is 14.8. The zero-order valence-corrected chi connectivity index (χ0v) is 20.6. The van der Waals surface area contributed by atoms with Crippen LogP contribution in [0.2, 0.25) is 5.02 Å². The fraction of sp³-hybridized carbons (Fsp3) is 0.364. The molecule has 6 nitrogen and oxygen atoms in total. The van der Waals surface area contributed by atoms with Crippen molar-refractivity contribution >= 4 is 56.3 Å². The number of anilines is 1. The summed E-state index contributed by atoms with van der Waals surface area (Å²) in [6, 6.07) is 10.7. The molecule has 0 radical (unpaired) electrons. The van der Waals surface area contributed by atoms with Gasteiger partial charge in [-0.15, -0.1) is 0 Å². The van der Waals surface area contributed by atoms with Gasteiger partial charge in [-0.2, -0.15) is 0 Å². The van der Waals surface area contributed by atoms with Crippen LogP contribution in [0.3, 0.4) is 0 Å². The van der Waals surface area contributed by atoms with E-state index in [4.69, 9.17) is 38.0 Å². The first kappa shape index (κ1) is 23.8. The number of ether oxygens (including phenoxy) is 3. The Bertz CT molecular complexity index is 965. The molecule has 1 amide bonds. The van der Waals surface area contributed by atoms with E-state index in [2.05, 4.69) is 26.1 Å². The van der Waals surface area contributed by atoms with Gasteiger partial charge in [0, 0.05) is 18.7 Å². The average Bonchev–Trinajstić information content (AvgIpc) is 2.72. The van der Waals surface area contributed by atoms with Gasteiger partial charge >= 0.3 is 0 Å². The van der Waals surface area contributed by atoms with E-state index in [0.717, 1.165) is 18.7 Å². The van der Waals surface area contributed by atoms with Crippen LogP contribution in [-0.2, 0) is 9.53 Å². The van der Waals surface area contributed by atoms with Crippen LogP contribution >= 0.6 is 39.7 Å². The third-order valence-electron chi connectivity index (χ3n) is 4.68. The van der Waals surface area contributed by atoms with Gasteiger partial charge in [0.2, 0.25) is 0 Å². The lowest BCUT2D eigenvalue weighted by atomic mass is 10.1. The molecule has 1 N–H and O–H groups in total. The van der Waals surface area contributed by atoms with Crippen molar-refractivity contribution in [3.05, 3.63) is 51.5 Å². The molecule has 166 valence electrons. The molecule has 1 saturated heterocycles. The first-order valence-corrected chi connectivity index (χ1v) is 11.4. The summed E-state index contributed by atoms with van der Waals surface area (Å²) in [4.78, 5) is 15.1. The maximum absolute atomic E-state index is 12.3. The molecule has 1 fully saturated rings. The molecule has 9 heteroatoms. The van der Waals surface area contributed by atoms with Crippen molar-refractivity contribution in [2.45, 2.75) is 26.1 Å². The number of para-hydroxylation sites is 1. The lowest BCUT2D eigenvalue weighted by Crippen LogP contribution is -2.47. The van der Waals surface area contributed by atoms with Crippen molar-refractivity contribution < 1.29 is 19.0 Å². The Hall–Kier alpha value is -1.87. The number of amides is 1. The largest absolute Gasteiger partial charge is 0.493 e. The van der Waals surface area contributed by atoms with E-state index in [0.29, 0.717) is 31.7 Å². The van der Waals surface area contributed by atoms with Gasteiger partial charge in [-0.1, -0.05) is 36.0 Å². The smallest absolute Gasteiger partial charge is 0.262 e. The topological polar surface area (TPSA) is 60.0 Å². The Labute approximate surface area is 200 Å². The Morgan fingerprint density at radius 3 is 2.61 bits per heavy atom. The molecule has 0 bridgehead atoms. The van der Waals surface area contributed by atoms with Gasteiger partial charge in [0.15, 0.2) is 18.1 Å². The predicted octanol–water partition coefficient (Wildman–Crippen LogP) is 4.91. The summed E-state index contributed by atoms with van der Waals surface area (Å²) >= 11 is 15.3. The highest BCUT2D eigenvalue weighted by molar-refractivity contribution is 9.10. The normalized spacial score (nSPS) is 18.4. The van der Waals surface area contributed by atoms with E-state index in [1.54, 1.807) is 31.4 Å². The minimum Gasteiger partial charge on any atom is -0.493 e. The van der Waals surface area contributed by atoms with Crippen LogP contribution in [-0.4, -0.2) is 54.8 Å². The quantitative estimate of drug-likeness (QED) is 0.539. The number of carbonyl (C=O) groups excluding carboxylic acids is 1. The monoisotopic (exact) mass is 526 g/mol. The molecule has 0 unspecified atom stereocenters. The van der Waals surface area contributed by atoms with E-state index in [9.17, 15) is 4.79 Å². The zero-order valence-electron chi connectivity index (χ0n) is 17.5. The first-order valence-electron chi connectivity index (χ1n) is 9.78. The maximum Gasteiger partial charge on any atom is 0.262 e. The van der Waals surface area contributed by atoms with E-state index in [-0.39, 0.29) is 24.7 Å². The number of hydrogen-bond acceptors (Lipinski definition) is 5. The lowest BCUT2D eigenvalue weighted by molar-refractivity contribution is -0.118. The van der Waals surface area contributed by atoms with Gasteiger partial charge in [-0.25, -0.2) is 0 Å². The molecule has 2 aromatic rings. The number of halogens is 2. The highest BCUT2D eigenvalue weighted by Gasteiger charge is 2.26. The molecule has 0 aliphatic carbocycles. The number of benzene rings is 2. The highest BCUT2D eigenvalue weighted by atomic mass is 79.9. The maximum atomic E-state index is 12.3. The standard InChI is InChI=1S/C22H24BrClN2O4S/c1-13-10-26(11-14(2)30-13)22(31)15-8-16(23)21(19(9-15)28-3)29-12-20(27)25-18-7-5-4-6-17(18)24/h4-9,13-14H,10-12H2,1-3H3,(H,25,27)/t13-,14+. The van der Waals surface area contributed by atoms with Crippen molar-refractivity contribution in [1.29, 1.82) is 0 Å². The molecular formula is C22H24BrClN2O4S. The molecule has 1 aliphatic rings. The van der Waals surface area contributed by atoms with E-state index >= 15 is 0 Å². The predicted molar refractivity (Wildman–Crippen MR) is 130 cm³/mol. The number of rotatable bonds is 6. The van der Waals surface area contributed by atoms with Gasteiger partial charge < -0.3 is 24.4 Å². The second kappa shape index (κ2) is 10.6. The van der Waals surface area contributed by atoms with E-state index < -0.39 is 0 Å². The number of methoxy groups -OCH3 is 1. The van der Waals surface area contributed by atoms with Crippen molar-refractivity contribution in [3.63, 3.8) is 0 Å². The van der Waals surface area contributed by atoms with E-state index in [1.807, 2.05) is 26.0 Å². The molecule has 0 spiro atoms. The summed E-state index contributed by atoms with van der Waals surface area (Å²) < 4.78 is 17.7. The van der Waals surface area contributed by atoms with Gasteiger partial charge in [-0.05, 0) is 54.0 Å². The van der Waals surface area contributed by atoms with Gasteiger partial charge in [0.1, 0.15) is 4.99 Å². The number of hydrogen-bond donors (Lipinski definition) is 1. The third kappa shape index (κ3) is 6.10. The fourth-order valence-electron chi connectivity index (χ4n) is 3.40. The Morgan fingerprint density at radius 1 is 1.29 bits per heavy atom. The highest BCUT2D eigenvalue weighted by Crippen LogP contribution is 2.37. The number of nitrogens with one attached hydrogen (secondary N) is 1. The summed E-state index contributed by atoms with van der Waals surface area (Å²) in [5.74, 6) is 0.566. The van der Waals surface area contributed by atoms with Gasteiger partial charge in [0.25, 0.3) is 5.91 Å². The molecular weight excluding hydrogens is 504 g/mol. The van der Waals surface area contributed by atoms with Crippen LogP contribution < -0.4 is 14.8 Å². The summed E-state index contributed by atoms with van der Waals surface area (Å²) in [6.07, 6.45) is 0.206. The molecule has 1 aliphatic heterocycles. The fourth-order valence-corrected chi connectivity index (χ4v) is 4.40. The van der Waals surface area contributed by atoms with Crippen LogP contribution in [0.25, 0.3) is 0 Å². The summed E-state index contributed by atoms with van der Waals surface area (Å²) in [6.45, 7) is 5.31. The second-order valence-corrected chi connectivity index (χ2v) is 8.92. The number of carbonyl (C=O) groups is 1. The van der Waals surface area contributed by atoms with Gasteiger partial charge in [-0.3, -0.25) is 4.79 Å². The lowest BCUT2D eigenvalue weighted by Gasteiger charge is -2.37. The summed E-state index contributed by atoms with van der Waals surface area (Å²) in [5.41, 5.74) is 1.35. The Morgan fingerprint density at radius 2 is 1.97 bits per heavy atom. The van der Waals surface area contributed by atoms with E-state index in [1.165, 1.54) is 0 Å². The number of thiocarbonyl (C=S) groups is 1. The minimum absolute atomic E-state index is 0.103. The van der Waals surface area contributed by atoms with Crippen LogP contribution in [0.4, 0.5) is 5.69 Å². The van der Waals surface area contributed by atoms with Crippen LogP contribution in [0.15, 0.2) is 40.9 Å². The zero-order chi connectivity index (χ0) is 22.5. The molecule has 0 saturated carbocycles. The van der Waals surface area contributed by atoms with Crippen LogP contribution in [0.5, 0.6) is 11.5 Å². The molecule has 31 heavy (non-hydrogen) atoms. The van der Waals surface area contributed by atoms with Crippen LogP contribution in [0.1, 0.15) is 19.4 Å². The van der Waals surface area contributed by atoms with Gasteiger partial charge in [0.05, 0.1) is 34.5 Å². The number of morpholine rings is 1. The third-order valence-corrected chi connectivity index (χ3v) is 6.09. The molecule has 1 heterocycles. The molecule has 3 rings (SSSR count). The molecule has 2 aromatic carbocycles. The minimum atomic E-state index is -0.335. The average molecular weight is 528 g/mol. The summed E-state index contributed by atoms with van der Waals surface area (Å²) in [7, 11) is 1.55. The summed E-state index contributed by atoms with van der Waals surface area (Å²) in [5, 5.41) is 3.18.